The van der Waals surface area contributed by atoms with Crippen LogP contribution < -0.4 is 11.1 Å². The molecule has 2 rings (SSSR count). The number of carbonyl (C=O) groups is 1. The van der Waals surface area contributed by atoms with Crippen LogP contribution in [0.25, 0.3) is 0 Å². The molecule has 2 aromatic rings. The van der Waals surface area contributed by atoms with Crippen molar-refractivity contribution in [1.29, 1.82) is 0 Å². The molecule has 0 bridgehead atoms. The first-order chi connectivity index (χ1) is 10.8. The maximum absolute atomic E-state index is 13.3. The number of nitrogens with one attached hydrogen (secondary N) is 1. The average Bonchev–Trinajstić information content (AvgIpc) is 2.51. The highest BCUT2D eigenvalue weighted by molar-refractivity contribution is 9.10. The molecule has 2 unspecified atom stereocenters. The number of amides is 1. The molecule has 0 spiro atoms. The Morgan fingerprint density at radius 2 is 1.92 bits per heavy atom. The van der Waals surface area contributed by atoms with E-state index in [9.17, 15) is 9.18 Å². The maximum atomic E-state index is 13.3. The number of halogens is 3. The molecular formula is C18H21BrClFN2O. The van der Waals surface area contributed by atoms with Crippen molar-refractivity contribution in [3.63, 3.8) is 0 Å². The molecule has 0 saturated heterocycles. The Hall–Kier alpha value is -1.43. The number of carbonyl (C=O) groups excluding carboxylic acids is 1. The SMILES string of the molecule is CC(Cc1ccc(F)c(Br)c1)NC(=O)C(C)(N)c1ccccc1.Cl. The van der Waals surface area contributed by atoms with Crippen molar-refractivity contribution in [3.8, 4) is 0 Å². The molecule has 130 valence electrons. The van der Waals surface area contributed by atoms with Gasteiger partial charge in [-0.2, -0.15) is 0 Å². The van der Waals surface area contributed by atoms with Crippen LogP contribution in [0.15, 0.2) is 53.0 Å². The predicted molar refractivity (Wildman–Crippen MR) is 101 cm³/mol. The van der Waals surface area contributed by atoms with E-state index in [-0.39, 0.29) is 30.2 Å². The van der Waals surface area contributed by atoms with E-state index >= 15 is 0 Å². The highest BCUT2D eigenvalue weighted by Gasteiger charge is 2.31. The average molecular weight is 416 g/mol. The van der Waals surface area contributed by atoms with Crippen LogP contribution in [-0.2, 0) is 16.8 Å². The zero-order valence-electron chi connectivity index (χ0n) is 13.6. The summed E-state index contributed by atoms with van der Waals surface area (Å²) in [6.07, 6.45) is 0.593. The smallest absolute Gasteiger partial charge is 0.244 e. The van der Waals surface area contributed by atoms with E-state index in [0.29, 0.717) is 10.9 Å². The Kier molecular flexibility index (Phi) is 7.39. The van der Waals surface area contributed by atoms with Gasteiger partial charge in [-0.3, -0.25) is 4.79 Å². The van der Waals surface area contributed by atoms with Gasteiger partial charge < -0.3 is 11.1 Å². The van der Waals surface area contributed by atoms with Gasteiger partial charge in [-0.15, -0.1) is 12.4 Å². The molecule has 0 aliphatic carbocycles. The fourth-order valence-electron chi connectivity index (χ4n) is 2.36. The van der Waals surface area contributed by atoms with Gasteiger partial charge in [0.05, 0.1) is 4.47 Å². The van der Waals surface area contributed by atoms with Crippen molar-refractivity contribution in [3.05, 3.63) is 69.9 Å². The van der Waals surface area contributed by atoms with Crippen LogP contribution >= 0.6 is 28.3 Å². The zero-order valence-corrected chi connectivity index (χ0v) is 16.0. The Bertz CT molecular complexity index is 695. The molecule has 2 atom stereocenters. The van der Waals surface area contributed by atoms with E-state index in [1.165, 1.54) is 6.07 Å². The summed E-state index contributed by atoms with van der Waals surface area (Å²) >= 11 is 3.17. The summed E-state index contributed by atoms with van der Waals surface area (Å²) in [4.78, 5) is 12.5. The highest BCUT2D eigenvalue weighted by atomic mass is 79.9. The Morgan fingerprint density at radius 3 is 2.50 bits per heavy atom. The number of nitrogens with two attached hydrogens (primary N) is 1. The van der Waals surface area contributed by atoms with Crippen LogP contribution in [0, 0.1) is 5.82 Å². The minimum Gasteiger partial charge on any atom is -0.351 e. The third-order valence-electron chi connectivity index (χ3n) is 3.75. The summed E-state index contributed by atoms with van der Waals surface area (Å²) in [6, 6.07) is 14.0. The third-order valence-corrected chi connectivity index (χ3v) is 4.36. The lowest BCUT2D eigenvalue weighted by Gasteiger charge is -2.26. The third kappa shape index (κ3) is 5.03. The van der Waals surface area contributed by atoms with Crippen LogP contribution in [0.1, 0.15) is 25.0 Å². The predicted octanol–water partition coefficient (Wildman–Crippen LogP) is 3.93. The summed E-state index contributed by atoms with van der Waals surface area (Å²) < 4.78 is 13.7. The summed E-state index contributed by atoms with van der Waals surface area (Å²) in [5.74, 6) is -0.540. The van der Waals surface area contributed by atoms with Gasteiger partial charge in [-0.05, 0) is 59.5 Å². The van der Waals surface area contributed by atoms with Crippen LogP contribution in [-0.4, -0.2) is 11.9 Å². The van der Waals surface area contributed by atoms with Gasteiger partial charge in [0.2, 0.25) is 5.91 Å². The number of hydrogen-bond acceptors (Lipinski definition) is 2. The van der Waals surface area contributed by atoms with Gasteiger partial charge >= 0.3 is 0 Å². The molecule has 0 saturated carbocycles. The van der Waals surface area contributed by atoms with Gasteiger partial charge in [0.15, 0.2) is 0 Å². The van der Waals surface area contributed by atoms with Crippen molar-refractivity contribution >= 4 is 34.2 Å². The summed E-state index contributed by atoms with van der Waals surface area (Å²) in [5, 5.41) is 2.93. The van der Waals surface area contributed by atoms with Gasteiger partial charge in [-0.25, -0.2) is 4.39 Å². The zero-order chi connectivity index (χ0) is 17.0. The van der Waals surface area contributed by atoms with E-state index in [2.05, 4.69) is 21.2 Å². The highest BCUT2D eigenvalue weighted by Crippen LogP contribution is 2.19. The van der Waals surface area contributed by atoms with Crippen molar-refractivity contribution in [1.82, 2.24) is 5.32 Å². The monoisotopic (exact) mass is 414 g/mol. The molecule has 6 heteroatoms. The standard InChI is InChI=1S/C18H20BrFN2O.ClH/c1-12(10-13-8-9-16(20)15(19)11-13)22-17(23)18(2,21)14-6-4-3-5-7-14;/h3-9,11-12H,10,21H2,1-2H3,(H,22,23);1H. The Morgan fingerprint density at radius 1 is 1.29 bits per heavy atom. The van der Waals surface area contributed by atoms with Crippen molar-refractivity contribution in [2.45, 2.75) is 31.8 Å². The molecule has 0 radical (unpaired) electrons. The van der Waals surface area contributed by atoms with Crippen LogP contribution in [0.2, 0.25) is 0 Å². The summed E-state index contributed by atoms with van der Waals surface area (Å²) in [5.41, 5.74) is 6.79. The van der Waals surface area contributed by atoms with E-state index in [0.717, 1.165) is 11.1 Å². The van der Waals surface area contributed by atoms with Gasteiger partial charge in [0, 0.05) is 6.04 Å². The molecule has 0 heterocycles. The van der Waals surface area contributed by atoms with E-state index in [1.807, 2.05) is 37.3 Å². The van der Waals surface area contributed by atoms with Gasteiger partial charge in [0.25, 0.3) is 0 Å². The second-order valence-corrected chi connectivity index (χ2v) is 6.75. The molecule has 0 fully saturated rings. The number of rotatable bonds is 5. The first kappa shape index (κ1) is 20.6. The van der Waals surface area contributed by atoms with Gasteiger partial charge in [-0.1, -0.05) is 36.4 Å². The van der Waals surface area contributed by atoms with Crippen molar-refractivity contribution in [2.75, 3.05) is 0 Å². The molecule has 2 aromatic carbocycles. The molecule has 3 nitrogen and oxygen atoms in total. The molecule has 0 aliphatic heterocycles. The van der Waals surface area contributed by atoms with E-state index < -0.39 is 5.54 Å². The molecule has 1 amide bonds. The molecule has 0 aromatic heterocycles. The Labute approximate surface area is 156 Å². The molecule has 3 N–H and O–H groups in total. The van der Waals surface area contributed by atoms with Gasteiger partial charge in [0.1, 0.15) is 11.4 Å². The quantitative estimate of drug-likeness (QED) is 0.777. The topological polar surface area (TPSA) is 55.1 Å². The van der Waals surface area contributed by atoms with E-state index in [4.69, 9.17) is 5.73 Å². The number of hydrogen-bond donors (Lipinski definition) is 2. The minimum absolute atomic E-state index is 0. The van der Waals surface area contributed by atoms with E-state index in [1.54, 1.807) is 19.1 Å². The molecular weight excluding hydrogens is 395 g/mol. The first-order valence-corrected chi connectivity index (χ1v) is 8.19. The fourth-order valence-corrected chi connectivity index (χ4v) is 2.79. The van der Waals surface area contributed by atoms with Crippen LogP contribution in [0.3, 0.4) is 0 Å². The first-order valence-electron chi connectivity index (χ1n) is 7.40. The minimum atomic E-state index is -1.10. The van der Waals surface area contributed by atoms with Crippen LogP contribution in [0.5, 0.6) is 0 Å². The lowest BCUT2D eigenvalue weighted by atomic mass is 9.92. The lowest BCUT2D eigenvalue weighted by molar-refractivity contribution is -0.126. The summed E-state index contributed by atoms with van der Waals surface area (Å²) in [7, 11) is 0. The second kappa shape index (κ2) is 8.60. The lowest BCUT2D eigenvalue weighted by Crippen LogP contribution is -2.51. The normalized spacial score (nSPS) is 14.2. The van der Waals surface area contributed by atoms with Crippen LogP contribution in [0.4, 0.5) is 4.39 Å². The molecule has 0 aliphatic rings. The fraction of sp³-hybridized carbons (Fsp3) is 0.278. The molecule has 24 heavy (non-hydrogen) atoms. The summed E-state index contributed by atoms with van der Waals surface area (Å²) in [6.45, 7) is 3.59. The Balaban J connectivity index is 0.00000288. The van der Waals surface area contributed by atoms with Crippen molar-refractivity contribution < 1.29 is 9.18 Å². The number of benzene rings is 2. The van der Waals surface area contributed by atoms with Crippen molar-refractivity contribution in [2.24, 2.45) is 5.73 Å². The second-order valence-electron chi connectivity index (χ2n) is 5.90. The largest absolute Gasteiger partial charge is 0.351 e. The maximum Gasteiger partial charge on any atom is 0.244 e.